The molecule has 1 aliphatic rings. The second-order valence-corrected chi connectivity index (χ2v) is 4.22. The van der Waals surface area contributed by atoms with Gasteiger partial charge in [-0.2, -0.15) is 0 Å². The summed E-state index contributed by atoms with van der Waals surface area (Å²) in [4.78, 5) is 0. The summed E-state index contributed by atoms with van der Waals surface area (Å²) in [5.41, 5.74) is -0.370. The predicted molar refractivity (Wildman–Crippen MR) is 61.5 cm³/mol. The van der Waals surface area contributed by atoms with E-state index in [1.54, 1.807) is 19.1 Å². The van der Waals surface area contributed by atoms with Crippen molar-refractivity contribution >= 4 is 0 Å². The predicted octanol–water partition coefficient (Wildman–Crippen LogP) is 2.22. The van der Waals surface area contributed by atoms with Gasteiger partial charge in [0.15, 0.2) is 11.6 Å². The van der Waals surface area contributed by atoms with Crippen molar-refractivity contribution in [1.29, 1.82) is 0 Å². The highest BCUT2D eigenvalue weighted by atomic mass is 19.1. The lowest BCUT2D eigenvalue weighted by molar-refractivity contribution is -0.0680. The van der Waals surface area contributed by atoms with E-state index in [0.29, 0.717) is 38.2 Å². The van der Waals surface area contributed by atoms with Crippen LogP contribution in [0.25, 0.3) is 0 Å². The minimum atomic E-state index is -0.968. The molecule has 2 rings (SSSR count). The third-order valence-electron chi connectivity index (χ3n) is 3.09. The van der Waals surface area contributed by atoms with Crippen molar-refractivity contribution in [3.8, 4) is 5.75 Å². The van der Waals surface area contributed by atoms with Crippen molar-refractivity contribution in [3.05, 3.63) is 29.6 Å². The SMILES string of the molecule is CCOc1ccc(C2(O)CCOCC2)cc1F. The Morgan fingerprint density at radius 1 is 1.41 bits per heavy atom. The first kappa shape index (κ1) is 12.3. The Bertz CT molecular complexity index is 386. The molecule has 1 aromatic rings. The minimum Gasteiger partial charge on any atom is -0.491 e. The Labute approximate surface area is 100 Å². The van der Waals surface area contributed by atoms with Crippen LogP contribution in [0.4, 0.5) is 4.39 Å². The number of rotatable bonds is 3. The number of hydrogen-bond donors (Lipinski definition) is 1. The molecule has 0 bridgehead atoms. The Balaban J connectivity index is 2.24. The molecular formula is C13H17FO3. The topological polar surface area (TPSA) is 38.7 Å². The van der Waals surface area contributed by atoms with Gasteiger partial charge in [-0.1, -0.05) is 6.07 Å². The standard InChI is InChI=1S/C13H17FO3/c1-2-17-12-4-3-10(9-11(12)14)13(15)5-7-16-8-6-13/h3-4,9,15H,2,5-8H2,1H3. The van der Waals surface area contributed by atoms with E-state index >= 15 is 0 Å². The number of benzene rings is 1. The number of aliphatic hydroxyl groups is 1. The molecule has 0 unspecified atom stereocenters. The van der Waals surface area contributed by atoms with Crippen molar-refractivity contribution in [1.82, 2.24) is 0 Å². The summed E-state index contributed by atoms with van der Waals surface area (Å²) < 4.78 is 24.0. The van der Waals surface area contributed by atoms with Crippen LogP contribution in [0, 0.1) is 5.82 Å². The van der Waals surface area contributed by atoms with Crippen LogP contribution >= 0.6 is 0 Å². The molecule has 0 atom stereocenters. The Morgan fingerprint density at radius 3 is 2.71 bits per heavy atom. The fraction of sp³-hybridized carbons (Fsp3) is 0.538. The summed E-state index contributed by atoms with van der Waals surface area (Å²) in [7, 11) is 0. The Morgan fingerprint density at radius 2 is 2.12 bits per heavy atom. The summed E-state index contributed by atoms with van der Waals surface area (Å²) in [5, 5.41) is 10.4. The van der Waals surface area contributed by atoms with E-state index in [0.717, 1.165) is 0 Å². The molecule has 1 aromatic carbocycles. The van der Waals surface area contributed by atoms with E-state index in [-0.39, 0.29) is 5.75 Å². The molecule has 1 heterocycles. The van der Waals surface area contributed by atoms with Crippen molar-refractivity contribution in [2.75, 3.05) is 19.8 Å². The number of ether oxygens (including phenoxy) is 2. The van der Waals surface area contributed by atoms with Gasteiger partial charge in [0.25, 0.3) is 0 Å². The highest BCUT2D eigenvalue weighted by Crippen LogP contribution is 2.33. The maximum atomic E-state index is 13.7. The summed E-state index contributed by atoms with van der Waals surface area (Å²) in [6.45, 7) is 3.24. The third-order valence-corrected chi connectivity index (χ3v) is 3.09. The molecule has 4 heteroatoms. The lowest BCUT2D eigenvalue weighted by atomic mass is 9.86. The fourth-order valence-electron chi connectivity index (χ4n) is 2.06. The van der Waals surface area contributed by atoms with Crippen LogP contribution < -0.4 is 4.74 Å². The molecule has 94 valence electrons. The monoisotopic (exact) mass is 240 g/mol. The van der Waals surface area contributed by atoms with Gasteiger partial charge in [0.05, 0.1) is 12.2 Å². The van der Waals surface area contributed by atoms with Crippen LogP contribution in [-0.2, 0) is 10.3 Å². The molecule has 3 nitrogen and oxygen atoms in total. The highest BCUT2D eigenvalue weighted by molar-refractivity contribution is 5.32. The van der Waals surface area contributed by atoms with E-state index in [2.05, 4.69) is 0 Å². The van der Waals surface area contributed by atoms with E-state index in [1.165, 1.54) is 6.07 Å². The molecular weight excluding hydrogens is 223 g/mol. The van der Waals surface area contributed by atoms with Crippen LogP contribution in [0.2, 0.25) is 0 Å². The van der Waals surface area contributed by atoms with Crippen LogP contribution in [-0.4, -0.2) is 24.9 Å². The summed E-state index contributed by atoms with van der Waals surface area (Å²) >= 11 is 0. The summed E-state index contributed by atoms with van der Waals surface area (Å²) in [6, 6.07) is 4.65. The zero-order chi connectivity index (χ0) is 12.3. The number of halogens is 1. The molecule has 0 spiro atoms. The van der Waals surface area contributed by atoms with E-state index in [1.807, 2.05) is 0 Å². The maximum Gasteiger partial charge on any atom is 0.165 e. The molecule has 0 amide bonds. The van der Waals surface area contributed by atoms with Gasteiger partial charge >= 0.3 is 0 Å². The van der Waals surface area contributed by atoms with Gasteiger partial charge in [0, 0.05) is 26.1 Å². The quantitative estimate of drug-likeness (QED) is 0.880. The van der Waals surface area contributed by atoms with Crippen LogP contribution in [0.1, 0.15) is 25.3 Å². The zero-order valence-corrected chi connectivity index (χ0v) is 9.91. The van der Waals surface area contributed by atoms with Gasteiger partial charge in [-0.3, -0.25) is 0 Å². The van der Waals surface area contributed by atoms with Crippen molar-refractivity contribution < 1.29 is 19.0 Å². The Kier molecular flexibility index (Phi) is 3.64. The van der Waals surface area contributed by atoms with Crippen molar-refractivity contribution in [3.63, 3.8) is 0 Å². The van der Waals surface area contributed by atoms with Crippen LogP contribution in [0.5, 0.6) is 5.75 Å². The highest BCUT2D eigenvalue weighted by Gasteiger charge is 2.32. The van der Waals surface area contributed by atoms with Gasteiger partial charge in [0.2, 0.25) is 0 Å². The van der Waals surface area contributed by atoms with E-state index in [4.69, 9.17) is 9.47 Å². The summed E-state index contributed by atoms with van der Waals surface area (Å²) in [6.07, 6.45) is 1.00. The Hall–Kier alpha value is -1.13. The average molecular weight is 240 g/mol. The summed E-state index contributed by atoms with van der Waals surface area (Å²) in [5.74, 6) is -0.198. The lowest BCUT2D eigenvalue weighted by Crippen LogP contribution is -2.33. The van der Waals surface area contributed by atoms with Crippen LogP contribution in [0.15, 0.2) is 18.2 Å². The molecule has 1 fully saturated rings. The van der Waals surface area contributed by atoms with Gasteiger partial charge < -0.3 is 14.6 Å². The van der Waals surface area contributed by atoms with Gasteiger partial charge in [-0.05, 0) is 24.6 Å². The smallest absolute Gasteiger partial charge is 0.165 e. The number of hydrogen-bond acceptors (Lipinski definition) is 3. The molecule has 17 heavy (non-hydrogen) atoms. The first-order chi connectivity index (χ1) is 8.15. The largest absolute Gasteiger partial charge is 0.491 e. The second-order valence-electron chi connectivity index (χ2n) is 4.22. The normalized spacial score (nSPS) is 19.0. The van der Waals surface area contributed by atoms with Crippen LogP contribution in [0.3, 0.4) is 0 Å². The molecule has 0 aliphatic carbocycles. The van der Waals surface area contributed by atoms with Crippen molar-refractivity contribution in [2.24, 2.45) is 0 Å². The molecule has 0 radical (unpaired) electrons. The van der Waals surface area contributed by atoms with E-state index < -0.39 is 11.4 Å². The second kappa shape index (κ2) is 5.02. The molecule has 0 aromatic heterocycles. The maximum absolute atomic E-state index is 13.7. The van der Waals surface area contributed by atoms with Gasteiger partial charge in [-0.15, -0.1) is 0 Å². The lowest BCUT2D eigenvalue weighted by Gasteiger charge is -2.32. The van der Waals surface area contributed by atoms with E-state index in [9.17, 15) is 9.50 Å². The van der Waals surface area contributed by atoms with Gasteiger partial charge in [-0.25, -0.2) is 4.39 Å². The molecule has 1 saturated heterocycles. The third kappa shape index (κ3) is 2.58. The molecule has 0 saturated carbocycles. The first-order valence-electron chi connectivity index (χ1n) is 5.88. The minimum absolute atomic E-state index is 0.229. The average Bonchev–Trinajstić information content (AvgIpc) is 2.33. The first-order valence-corrected chi connectivity index (χ1v) is 5.88. The van der Waals surface area contributed by atoms with Crippen molar-refractivity contribution in [2.45, 2.75) is 25.4 Å². The zero-order valence-electron chi connectivity index (χ0n) is 9.91. The van der Waals surface area contributed by atoms with Gasteiger partial charge in [0.1, 0.15) is 0 Å². The molecule has 1 N–H and O–H groups in total. The fourth-order valence-corrected chi connectivity index (χ4v) is 2.06. The molecule has 1 aliphatic heterocycles.